The van der Waals surface area contributed by atoms with Crippen LogP contribution < -0.4 is 0 Å². The summed E-state index contributed by atoms with van der Waals surface area (Å²) < 4.78 is 0. The van der Waals surface area contributed by atoms with Gasteiger partial charge in [0.1, 0.15) is 0 Å². The summed E-state index contributed by atoms with van der Waals surface area (Å²) in [5, 5.41) is 0. The van der Waals surface area contributed by atoms with Crippen molar-refractivity contribution >= 4 is 5.78 Å². The van der Waals surface area contributed by atoms with Crippen LogP contribution in [-0.4, -0.2) is 23.8 Å². The third-order valence-electron chi connectivity index (χ3n) is 3.67. The molecule has 0 N–H and O–H groups in total. The quantitative estimate of drug-likeness (QED) is 0.709. The van der Waals surface area contributed by atoms with Gasteiger partial charge in [-0.05, 0) is 25.2 Å². The molecule has 0 saturated carbocycles. The maximum atomic E-state index is 11.2. The second kappa shape index (κ2) is 4.82. The lowest BCUT2D eigenvalue weighted by atomic mass is 9.92. The molecule has 0 unspecified atom stereocenters. The molecule has 0 spiro atoms. The monoisotopic (exact) mass is 207 g/mol. The average molecular weight is 207 g/mol. The van der Waals surface area contributed by atoms with E-state index in [1.807, 2.05) is 6.08 Å². The van der Waals surface area contributed by atoms with Gasteiger partial charge >= 0.3 is 0 Å². The summed E-state index contributed by atoms with van der Waals surface area (Å²) in [5.41, 5.74) is 1.30. The van der Waals surface area contributed by atoms with E-state index in [9.17, 15) is 4.79 Å². The second-order valence-corrected chi connectivity index (χ2v) is 4.82. The number of hydrogen-bond acceptors (Lipinski definition) is 2. The Morgan fingerprint density at radius 1 is 1.33 bits per heavy atom. The van der Waals surface area contributed by atoms with Crippen molar-refractivity contribution in [2.75, 3.05) is 13.1 Å². The van der Waals surface area contributed by atoms with E-state index in [1.54, 1.807) is 0 Å². The Morgan fingerprint density at radius 3 is 2.60 bits per heavy atom. The van der Waals surface area contributed by atoms with Crippen LogP contribution in [0.5, 0.6) is 0 Å². The highest BCUT2D eigenvalue weighted by molar-refractivity contribution is 5.92. The van der Waals surface area contributed by atoms with Crippen LogP contribution in [0.3, 0.4) is 0 Å². The van der Waals surface area contributed by atoms with Crippen molar-refractivity contribution in [3.63, 3.8) is 0 Å². The van der Waals surface area contributed by atoms with Gasteiger partial charge in [0.2, 0.25) is 0 Å². The number of rotatable bonds is 3. The van der Waals surface area contributed by atoms with Crippen LogP contribution >= 0.6 is 0 Å². The zero-order valence-corrected chi connectivity index (χ0v) is 9.67. The highest BCUT2D eigenvalue weighted by Crippen LogP contribution is 2.27. The summed E-state index contributed by atoms with van der Waals surface area (Å²) in [7, 11) is 0. The maximum Gasteiger partial charge on any atom is 0.157 e. The van der Waals surface area contributed by atoms with Gasteiger partial charge in [-0.2, -0.15) is 0 Å². The fourth-order valence-corrected chi connectivity index (χ4v) is 2.75. The first-order chi connectivity index (χ1) is 7.29. The Labute approximate surface area is 92.3 Å². The van der Waals surface area contributed by atoms with Crippen molar-refractivity contribution in [2.24, 2.45) is 5.92 Å². The zero-order valence-electron chi connectivity index (χ0n) is 9.67. The summed E-state index contributed by atoms with van der Waals surface area (Å²) in [6.07, 6.45) is 8.91. The Kier molecular flexibility index (Phi) is 3.45. The summed E-state index contributed by atoms with van der Waals surface area (Å²) in [6, 6.07) is 0. The van der Waals surface area contributed by atoms with Crippen molar-refractivity contribution in [1.82, 2.24) is 4.90 Å². The van der Waals surface area contributed by atoms with Crippen LogP contribution in [-0.2, 0) is 4.79 Å². The van der Waals surface area contributed by atoms with E-state index in [2.05, 4.69) is 11.8 Å². The molecule has 1 aliphatic heterocycles. The molecule has 15 heavy (non-hydrogen) atoms. The van der Waals surface area contributed by atoms with Gasteiger partial charge in [-0.25, -0.2) is 0 Å². The lowest BCUT2D eigenvalue weighted by Crippen LogP contribution is -2.32. The molecule has 2 rings (SSSR count). The molecule has 0 aromatic rings. The van der Waals surface area contributed by atoms with Crippen molar-refractivity contribution in [3.8, 4) is 0 Å². The number of hydrogen-bond donors (Lipinski definition) is 0. The SMILES string of the molecule is CCCC1CCN(C2=CC(=O)CC2)CC1. The molecule has 0 radical (unpaired) electrons. The Hall–Kier alpha value is -0.790. The van der Waals surface area contributed by atoms with Gasteiger partial charge in [-0.3, -0.25) is 4.79 Å². The predicted molar refractivity (Wildman–Crippen MR) is 61.5 cm³/mol. The van der Waals surface area contributed by atoms with E-state index < -0.39 is 0 Å². The Balaban J connectivity index is 1.83. The van der Waals surface area contributed by atoms with Crippen LogP contribution in [0.25, 0.3) is 0 Å². The molecule has 2 heteroatoms. The number of ketones is 1. The van der Waals surface area contributed by atoms with E-state index in [0.29, 0.717) is 5.78 Å². The Morgan fingerprint density at radius 2 is 2.07 bits per heavy atom. The first kappa shape index (κ1) is 10.7. The predicted octanol–water partition coefficient (Wildman–Crippen LogP) is 2.75. The lowest BCUT2D eigenvalue weighted by molar-refractivity contribution is -0.114. The Bertz CT molecular complexity index is 262. The number of piperidine rings is 1. The number of likely N-dealkylation sites (tertiary alicyclic amines) is 1. The molecule has 84 valence electrons. The fraction of sp³-hybridized carbons (Fsp3) is 0.769. The van der Waals surface area contributed by atoms with Crippen molar-refractivity contribution < 1.29 is 4.79 Å². The van der Waals surface area contributed by atoms with Crippen LogP contribution in [0, 0.1) is 5.92 Å². The molecular weight excluding hydrogens is 186 g/mol. The summed E-state index contributed by atoms with van der Waals surface area (Å²) >= 11 is 0. The van der Waals surface area contributed by atoms with E-state index in [4.69, 9.17) is 0 Å². The van der Waals surface area contributed by atoms with Gasteiger partial charge in [0, 0.05) is 31.3 Å². The molecule has 1 aliphatic carbocycles. The smallest absolute Gasteiger partial charge is 0.157 e. The normalized spacial score (nSPS) is 23.4. The van der Waals surface area contributed by atoms with Crippen LogP contribution in [0.15, 0.2) is 11.8 Å². The average Bonchev–Trinajstić information content (AvgIpc) is 2.67. The molecule has 1 fully saturated rings. The molecule has 1 saturated heterocycles. The highest BCUT2D eigenvalue weighted by atomic mass is 16.1. The summed E-state index contributed by atoms with van der Waals surface area (Å²) in [5.74, 6) is 1.25. The van der Waals surface area contributed by atoms with E-state index in [0.717, 1.165) is 18.8 Å². The van der Waals surface area contributed by atoms with Crippen molar-refractivity contribution in [3.05, 3.63) is 11.8 Å². The minimum atomic E-state index is 0.320. The number of allylic oxidation sites excluding steroid dienone is 2. The molecule has 0 amide bonds. The van der Waals surface area contributed by atoms with Gasteiger partial charge in [0.05, 0.1) is 0 Å². The number of carbonyl (C=O) groups excluding carboxylic acids is 1. The number of nitrogens with zero attached hydrogens (tertiary/aromatic N) is 1. The molecule has 2 aliphatic rings. The minimum absolute atomic E-state index is 0.320. The van der Waals surface area contributed by atoms with Gasteiger partial charge < -0.3 is 4.90 Å². The number of carbonyl (C=O) groups is 1. The summed E-state index contributed by atoms with van der Waals surface area (Å²) in [4.78, 5) is 13.6. The van der Waals surface area contributed by atoms with Gasteiger partial charge in [0.25, 0.3) is 0 Å². The molecule has 0 aromatic heterocycles. The van der Waals surface area contributed by atoms with Gasteiger partial charge in [-0.15, -0.1) is 0 Å². The molecule has 1 heterocycles. The minimum Gasteiger partial charge on any atom is -0.375 e. The fourth-order valence-electron chi connectivity index (χ4n) is 2.75. The first-order valence-corrected chi connectivity index (χ1v) is 6.28. The third kappa shape index (κ3) is 2.61. The van der Waals surface area contributed by atoms with Crippen LogP contribution in [0.2, 0.25) is 0 Å². The van der Waals surface area contributed by atoms with Crippen molar-refractivity contribution in [1.29, 1.82) is 0 Å². The van der Waals surface area contributed by atoms with Gasteiger partial charge in [-0.1, -0.05) is 19.8 Å². The van der Waals surface area contributed by atoms with Crippen LogP contribution in [0.1, 0.15) is 45.4 Å². The second-order valence-electron chi connectivity index (χ2n) is 4.82. The van der Waals surface area contributed by atoms with E-state index in [-0.39, 0.29) is 0 Å². The van der Waals surface area contributed by atoms with Crippen LogP contribution in [0.4, 0.5) is 0 Å². The molecule has 0 atom stereocenters. The standard InChI is InChI=1S/C13H21NO/c1-2-3-11-6-8-14(9-7-11)12-4-5-13(15)10-12/h10-11H,2-9H2,1H3. The van der Waals surface area contributed by atoms with E-state index >= 15 is 0 Å². The molecule has 0 bridgehead atoms. The first-order valence-electron chi connectivity index (χ1n) is 6.28. The van der Waals surface area contributed by atoms with E-state index in [1.165, 1.54) is 44.5 Å². The third-order valence-corrected chi connectivity index (χ3v) is 3.67. The molecular formula is C13H21NO. The largest absolute Gasteiger partial charge is 0.375 e. The van der Waals surface area contributed by atoms with Crippen molar-refractivity contribution in [2.45, 2.75) is 45.4 Å². The molecule has 2 nitrogen and oxygen atoms in total. The summed E-state index contributed by atoms with van der Waals surface area (Å²) in [6.45, 7) is 4.61. The maximum absolute atomic E-state index is 11.2. The zero-order chi connectivity index (χ0) is 10.7. The molecule has 0 aromatic carbocycles. The lowest BCUT2D eigenvalue weighted by Gasteiger charge is -2.34. The topological polar surface area (TPSA) is 20.3 Å². The van der Waals surface area contributed by atoms with Gasteiger partial charge in [0.15, 0.2) is 5.78 Å². The highest BCUT2D eigenvalue weighted by Gasteiger charge is 2.23.